The van der Waals surface area contributed by atoms with Crippen molar-refractivity contribution in [2.75, 3.05) is 11.1 Å². The van der Waals surface area contributed by atoms with Gasteiger partial charge in [0.25, 0.3) is 5.91 Å². The zero-order valence-electron chi connectivity index (χ0n) is 19.6. The molecule has 3 rings (SSSR count). The summed E-state index contributed by atoms with van der Waals surface area (Å²) >= 11 is 13.4. The monoisotopic (exact) mass is 519 g/mol. The van der Waals surface area contributed by atoms with Crippen molar-refractivity contribution in [3.63, 3.8) is 0 Å². The molecule has 2 aromatic carbocycles. The second kappa shape index (κ2) is 11.3. The van der Waals surface area contributed by atoms with Crippen LogP contribution < -0.4 is 10.6 Å². The zero-order chi connectivity index (χ0) is 25.0. The van der Waals surface area contributed by atoms with E-state index in [-0.39, 0.29) is 28.5 Å². The van der Waals surface area contributed by atoms with Crippen LogP contribution in [0.4, 0.5) is 5.69 Å². The van der Waals surface area contributed by atoms with Gasteiger partial charge in [0.05, 0.1) is 22.4 Å². The predicted octanol–water partition coefficient (Wildman–Crippen LogP) is 5.60. The number of anilines is 1. The number of hydrogen-bond donors (Lipinski definition) is 2. The van der Waals surface area contributed by atoms with Crippen molar-refractivity contribution >= 4 is 52.5 Å². The lowest BCUT2D eigenvalue weighted by Gasteiger charge is -2.22. The molecule has 0 fully saturated rings. The maximum atomic E-state index is 12.9. The third-order valence-electron chi connectivity index (χ3n) is 5.28. The molecular weight excluding hydrogens is 493 g/mol. The SMILES string of the molecule is Cc1ccc(C)c(NC(=O)CSc2nnc([C@@H](NC(=O)c3ccc(Cl)cc3Cl)C(C)C)n2C)c1. The summed E-state index contributed by atoms with van der Waals surface area (Å²) < 4.78 is 1.80. The van der Waals surface area contributed by atoms with E-state index < -0.39 is 6.04 Å². The topological polar surface area (TPSA) is 88.9 Å². The smallest absolute Gasteiger partial charge is 0.253 e. The lowest BCUT2D eigenvalue weighted by atomic mass is 10.0. The molecule has 3 aromatic rings. The number of thioether (sulfide) groups is 1. The minimum absolute atomic E-state index is 0.0309. The van der Waals surface area contributed by atoms with Gasteiger partial charge in [0.15, 0.2) is 11.0 Å². The number of aryl methyl sites for hydroxylation is 2. The highest BCUT2D eigenvalue weighted by Crippen LogP contribution is 2.26. The van der Waals surface area contributed by atoms with Crippen molar-refractivity contribution in [2.24, 2.45) is 13.0 Å². The average molecular weight is 520 g/mol. The lowest BCUT2D eigenvalue weighted by Crippen LogP contribution is -2.33. The standard InChI is InChI=1S/C24H27Cl2N5O2S/c1-13(2)21(28-23(33)17-9-8-16(25)11-18(17)26)22-29-30-24(31(22)5)34-12-20(32)27-19-10-14(3)6-7-15(19)4/h6-11,13,21H,12H2,1-5H3,(H,27,32)(H,28,33)/t21-/m0/s1. The van der Waals surface area contributed by atoms with E-state index in [9.17, 15) is 9.59 Å². The molecule has 0 radical (unpaired) electrons. The van der Waals surface area contributed by atoms with Gasteiger partial charge in [-0.25, -0.2) is 0 Å². The number of nitrogens with zero attached hydrogens (tertiary/aromatic N) is 3. The van der Waals surface area contributed by atoms with Gasteiger partial charge in [0.2, 0.25) is 5.91 Å². The molecule has 1 heterocycles. The molecule has 34 heavy (non-hydrogen) atoms. The number of nitrogens with one attached hydrogen (secondary N) is 2. The molecule has 7 nitrogen and oxygen atoms in total. The molecule has 10 heteroatoms. The van der Waals surface area contributed by atoms with Crippen molar-refractivity contribution in [3.8, 4) is 0 Å². The van der Waals surface area contributed by atoms with Crippen LogP contribution in [0.5, 0.6) is 0 Å². The molecule has 1 atom stereocenters. The summed E-state index contributed by atoms with van der Waals surface area (Å²) in [6.45, 7) is 7.89. The third-order valence-corrected chi connectivity index (χ3v) is 6.84. The first-order valence-corrected chi connectivity index (χ1v) is 12.5. The predicted molar refractivity (Wildman–Crippen MR) is 138 cm³/mol. The first-order valence-electron chi connectivity index (χ1n) is 10.7. The molecule has 0 spiro atoms. The number of amides is 2. The lowest BCUT2D eigenvalue weighted by molar-refractivity contribution is -0.113. The maximum absolute atomic E-state index is 12.9. The Morgan fingerprint density at radius 3 is 2.50 bits per heavy atom. The van der Waals surface area contributed by atoms with E-state index in [1.54, 1.807) is 16.7 Å². The van der Waals surface area contributed by atoms with Crippen LogP contribution in [0.1, 0.15) is 47.2 Å². The summed E-state index contributed by atoms with van der Waals surface area (Å²) in [7, 11) is 1.82. The Balaban J connectivity index is 1.69. The maximum Gasteiger partial charge on any atom is 0.253 e. The van der Waals surface area contributed by atoms with Crippen LogP contribution in [-0.2, 0) is 11.8 Å². The average Bonchev–Trinajstić information content (AvgIpc) is 3.12. The van der Waals surface area contributed by atoms with Gasteiger partial charge in [0.1, 0.15) is 0 Å². The highest BCUT2D eigenvalue weighted by molar-refractivity contribution is 7.99. The summed E-state index contributed by atoms with van der Waals surface area (Å²) in [6.07, 6.45) is 0. The van der Waals surface area contributed by atoms with Crippen LogP contribution in [0.25, 0.3) is 0 Å². The second-order valence-electron chi connectivity index (χ2n) is 8.37. The molecule has 180 valence electrons. The van der Waals surface area contributed by atoms with E-state index in [1.165, 1.54) is 17.8 Å². The number of hydrogen-bond acceptors (Lipinski definition) is 5. The first-order chi connectivity index (χ1) is 16.1. The van der Waals surface area contributed by atoms with Gasteiger partial charge in [-0.05, 0) is 55.2 Å². The fourth-order valence-electron chi connectivity index (χ4n) is 3.33. The Morgan fingerprint density at radius 2 is 1.82 bits per heavy atom. The summed E-state index contributed by atoms with van der Waals surface area (Å²) in [4.78, 5) is 25.4. The minimum atomic E-state index is -0.408. The van der Waals surface area contributed by atoms with E-state index in [2.05, 4.69) is 20.8 Å². The van der Waals surface area contributed by atoms with Gasteiger partial charge in [-0.2, -0.15) is 0 Å². The van der Waals surface area contributed by atoms with E-state index >= 15 is 0 Å². The number of halogens is 2. The number of carbonyl (C=O) groups excluding carboxylic acids is 2. The quantitative estimate of drug-likeness (QED) is 0.378. The summed E-state index contributed by atoms with van der Waals surface area (Å²) in [5.41, 5.74) is 3.21. The molecule has 0 aliphatic rings. The van der Waals surface area contributed by atoms with E-state index in [0.29, 0.717) is 21.6 Å². The number of aromatic nitrogens is 3. The van der Waals surface area contributed by atoms with E-state index in [0.717, 1.165) is 16.8 Å². The Labute approximate surface area is 213 Å². The molecule has 0 unspecified atom stereocenters. The molecule has 1 aromatic heterocycles. The number of carbonyl (C=O) groups is 2. The first kappa shape index (κ1) is 26.1. The highest BCUT2D eigenvalue weighted by Gasteiger charge is 2.26. The van der Waals surface area contributed by atoms with Gasteiger partial charge in [0, 0.05) is 17.8 Å². The molecule has 0 bridgehead atoms. The molecule has 0 saturated heterocycles. The van der Waals surface area contributed by atoms with Crippen molar-refractivity contribution in [2.45, 2.75) is 38.9 Å². The van der Waals surface area contributed by atoms with Gasteiger partial charge >= 0.3 is 0 Å². The number of benzene rings is 2. The van der Waals surface area contributed by atoms with Gasteiger partial charge in [-0.15, -0.1) is 10.2 Å². The normalized spacial score (nSPS) is 12.0. The van der Waals surface area contributed by atoms with Crippen LogP contribution in [0.2, 0.25) is 10.0 Å². The fourth-order valence-corrected chi connectivity index (χ4v) is 4.54. The van der Waals surface area contributed by atoms with Gasteiger partial charge < -0.3 is 15.2 Å². The molecular formula is C24H27Cl2N5O2S. The Hall–Kier alpha value is -2.55. The van der Waals surface area contributed by atoms with E-state index in [1.807, 2.05) is 52.9 Å². The second-order valence-corrected chi connectivity index (χ2v) is 10.2. The van der Waals surface area contributed by atoms with Crippen molar-refractivity contribution in [1.82, 2.24) is 20.1 Å². The Bertz CT molecular complexity index is 1210. The molecule has 0 saturated carbocycles. The van der Waals surface area contributed by atoms with Crippen molar-refractivity contribution in [1.29, 1.82) is 0 Å². The Kier molecular flexibility index (Phi) is 8.62. The summed E-state index contributed by atoms with van der Waals surface area (Å²) in [6, 6.07) is 10.3. The summed E-state index contributed by atoms with van der Waals surface area (Å²) in [5, 5.41) is 15.8. The van der Waals surface area contributed by atoms with Crippen LogP contribution in [0.3, 0.4) is 0 Å². The molecule has 0 aliphatic heterocycles. The zero-order valence-corrected chi connectivity index (χ0v) is 22.0. The summed E-state index contributed by atoms with van der Waals surface area (Å²) in [5.74, 6) is 0.340. The molecule has 2 amide bonds. The van der Waals surface area contributed by atoms with Gasteiger partial charge in [-0.1, -0.05) is 60.9 Å². The van der Waals surface area contributed by atoms with Crippen LogP contribution >= 0.6 is 35.0 Å². The third kappa shape index (κ3) is 6.31. The van der Waals surface area contributed by atoms with Crippen molar-refractivity contribution < 1.29 is 9.59 Å². The highest BCUT2D eigenvalue weighted by atomic mass is 35.5. The van der Waals surface area contributed by atoms with Crippen LogP contribution in [0.15, 0.2) is 41.6 Å². The van der Waals surface area contributed by atoms with Crippen LogP contribution in [-0.4, -0.2) is 32.3 Å². The van der Waals surface area contributed by atoms with Crippen molar-refractivity contribution in [3.05, 3.63) is 69.0 Å². The minimum Gasteiger partial charge on any atom is -0.342 e. The number of rotatable bonds is 8. The largest absolute Gasteiger partial charge is 0.342 e. The van der Waals surface area contributed by atoms with E-state index in [4.69, 9.17) is 23.2 Å². The Morgan fingerprint density at radius 1 is 1.09 bits per heavy atom. The molecule has 0 aliphatic carbocycles. The molecule has 2 N–H and O–H groups in total. The van der Waals surface area contributed by atoms with Crippen LogP contribution in [0, 0.1) is 19.8 Å². The van der Waals surface area contributed by atoms with Gasteiger partial charge in [-0.3, -0.25) is 9.59 Å². The fraction of sp³-hybridized carbons (Fsp3) is 0.333.